The Labute approximate surface area is 78.0 Å². The van der Waals surface area contributed by atoms with Crippen LogP contribution >= 0.6 is 0 Å². The van der Waals surface area contributed by atoms with Crippen LogP contribution in [-0.2, 0) is 9.53 Å². The fourth-order valence-electron chi connectivity index (χ4n) is 3.18. The van der Waals surface area contributed by atoms with Crippen LogP contribution in [0.25, 0.3) is 0 Å². The molecule has 13 heavy (non-hydrogen) atoms. The van der Waals surface area contributed by atoms with Crippen LogP contribution in [0.4, 0.5) is 0 Å². The first kappa shape index (κ1) is 7.60. The largest absolute Gasteiger partial charge is 0.462 e. The van der Waals surface area contributed by atoms with E-state index in [-0.39, 0.29) is 17.5 Å². The van der Waals surface area contributed by atoms with Gasteiger partial charge in [-0.25, -0.2) is 0 Å². The Morgan fingerprint density at radius 3 is 3.31 bits per heavy atom. The van der Waals surface area contributed by atoms with Gasteiger partial charge in [0.25, 0.3) is 0 Å². The third-order valence-corrected chi connectivity index (χ3v) is 3.91. The Morgan fingerprint density at radius 1 is 1.46 bits per heavy atom. The van der Waals surface area contributed by atoms with Crippen LogP contribution in [0, 0.1) is 11.3 Å². The topological polar surface area (TPSA) is 26.3 Å². The van der Waals surface area contributed by atoms with E-state index in [0.717, 1.165) is 32.1 Å². The summed E-state index contributed by atoms with van der Waals surface area (Å²) in [5.41, 5.74) is -0.0995. The molecule has 3 aliphatic rings. The predicted molar refractivity (Wildman–Crippen MR) is 48.0 cm³/mol. The van der Waals surface area contributed by atoms with Gasteiger partial charge in [-0.1, -0.05) is 12.2 Å². The highest BCUT2D eigenvalue weighted by Crippen LogP contribution is 2.53. The molecule has 3 atom stereocenters. The molecule has 0 radical (unpaired) electrons. The summed E-state index contributed by atoms with van der Waals surface area (Å²) in [5, 5.41) is 0. The predicted octanol–water partition coefficient (Wildman–Crippen LogP) is 2.05. The molecule has 2 fully saturated rings. The molecule has 1 aliphatic heterocycles. The maximum Gasteiger partial charge on any atom is 0.313 e. The van der Waals surface area contributed by atoms with Gasteiger partial charge in [0.2, 0.25) is 0 Å². The van der Waals surface area contributed by atoms with Gasteiger partial charge in [0.1, 0.15) is 6.10 Å². The first-order valence-corrected chi connectivity index (χ1v) is 5.19. The second kappa shape index (κ2) is 2.37. The number of esters is 1. The molecular weight excluding hydrogens is 164 g/mol. The van der Waals surface area contributed by atoms with E-state index in [4.69, 9.17) is 4.74 Å². The van der Waals surface area contributed by atoms with Crippen LogP contribution < -0.4 is 0 Å². The van der Waals surface area contributed by atoms with Crippen LogP contribution in [0.2, 0.25) is 0 Å². The van der Waals surface area contributed by atoms with Crippen molar-refractivity contribution in [3.8, 4) is 0 Å². The summed E-state index contributed by atoms with van der Waals surface area (Å²) in [6, 6.07) is 0. The molecule has 2 aliphatic carbocycles. The number of ether oxygens (including phenoxy) is 1. The summed E-state index contributed by atoms with van der Waals surface area (Å²) in [6.07, 6.45) is 9.99. The van der Waals surface area contributed by atoms with Crippen LogP contribution in [0.15, 0.2) is 12.2 Å². The molecule has 70 valence electrons. The summed E-state index contributed by atoms with van der Waals surface area (Å²) < 4.78 is 5.37. The summed E-state index contributed by atoms with van der Waals surface area (Å²) in [5.74, 6) is 0.567. The monoisotopic (exact) mass is 178 g/mol. The van der Waals surface area contributed by atoms with Crippen LogP contribution in [-0.4, -0.2) is 12.1 Å². The summed E-state index contributed by atoms with van der Waals surface area (Å²) in [4.78, 5) is 11.8. The Hall–Kier alpha value is -0.790. The van der Waals surface area contributed by atoms with E-state index in [1.54, 1.807) is 0 Å². The first-order valence-electron chi connectivity index (χ1n) is 5.19. The smallest absolute Gasteiger partial charge is 0.313 e. The average Bonchev–Trinajstić information content (AvgIpc) is 2.38. The summed E-state index contributed by atoms with van der Waals surface area (Å²) in [6.45, 7) is 0. The molecule has 0 aromatic carbocycles. The number of carbonyl (C=O) groups excluding carboxylic acids is 1. The molecule has 3 rings (SSSR count). The van der Waals surface area contributed by atoms with E-state index in [9.17, 15) is 4.79 Å². The van der Waals surface area contributed by atoms with Gasteiger partial charge in [0, 0.05) is 6.42 Å². The van der Waals surface area contributed by atoms with Gasteiger partial charge in [-0.05, 0) is 31.6 Å². The van der Waals surface area contributed by atoms with E-state index < -0.39 is 0 Å². The molecule has 1 saturated heterocycles. The lowest BCUT2D eigenvalue weighted by atomic mass is 9.63. The molecular formula is C11H14O2. The maximum absolute atomic E-state index is 11.8. The van der Waals surface area contributed by atoms with Crippen molar-refractivity contribution < 1.29 is 9.53 Å². The fourth-order valence-corrected chi connectivity index (χ4v) is 3.18. The van der Waals surface area contributed by atoms with Gasteiger partial charge in [0.15, 0.2) is 0 Å². The second-order valence-corrected chi connectivity index (χ2v) is 4.54. The van der Waals surface area contributed by atoms with Crippen LogP contribution in [0.3, 0.4) is 0 Å². The molecule has 1 spiro atoms. The molecule has 1 saturated carbocycles. The number of carbonyl (C=O) groups is 1. The van der Waals surface area contributed by atoms with Crippen molar-refractivity contribution in [3.05, 3.63) is 12.2 Å². The Balaban J connectivity index is 2.04. The molecule has 0 amide bonds. The third kappa shape index (κ3) is 0.862. The molecule has 2 nitrogen and oxygen atoms in total. The minimum atomic E-state index is -0.0995. The Bertz CT molecular complexity index is 282. The van der Waals surface area contributed by atoms with E-state index in [1.165, 1.54) is 0 Å². The Kier molecular flexibility index (Phi) is 1.38. The Morgan fingerprint density at radius 2 is 2.38 bits per heavy atom. The molecule has 0 aromatic heterocycles. The molecule has 1 heterocycles. The van der Waals surface area contributed by atoms with Crippen molar-refractivity contribution in [1.29, 1.82) is 0 Å². The average molecular weight is 178 g/mol. The van der Waals surface area contributed by atoms with E-state index >= 15 is 0 Å². The number of rotatable bonds is 0. The van der Waals surface area contributed by atoms with Gasteiger partial charge in [0.05, 0.1) is 5.41 Å². The second-order valence-electron chi connectivity index (χ2n) is 4.54. The van der Waals surface area contributed by atoms with Crippen molar-refractivity contribution in [3.63, 3.8) is 0 Å². The van der Waals surface area contributed by atoms with Crippen molar-refractivity contribution in [2.24, 2.45) is 11.3 Å². The van der Waals surface area contributed by atoms with Gasteiger partial charge in [-0.15, -0.1) is 0 Å². The fraction of sp³-hybridized carbons (Fsp3) is 0.727. The van der Waals surface area contributed by atoms with Gasteiger partial charge in [-0.2, -0.15) is 0 Å². The highest BCUT2D eigenvalue weighted by atomic mass is 16.6. The molecule has 2 heteroatoms. The summed E-state index contributed by atoms with van der Waals surface area (Å²) in [7, 11) is 0. The lowest BCUT2D eigenvalue weighted by Gasteiger charge is -2.37. The third-order valence-electron chi connectivity index (χ3n) is 3.91. The zero-order valence-electron chi connectivity index (χ0n) is 7.66. The lowest BCUT2D eigenvalue weighted by Crippen LogP contribution is -2.37. The number of hydrogen-bond acceptors (Lipinski definition) is 2. The standard InChI is InChI=1S/C11H14O2/c12-10-11-6-2-1-3-8(11)4-5-9(7-11)13-10/h1,3,8-9H,2,4-7H2/t8-,9+,11+/m0/s1. The quantitative estimate of drug-likeness (QED) is 0.419. The van der Waals surface area contributed by atoms with E-state index in [2.05, 4.69) is 12.2 Å². The SMILES string of the molecule is O=C1O[C@@H]2CC[C@@H]3C=CCC[C@]13C2. The van der Waals surface area contributed by atoms with Gasteiger partial charge in [-0.3, -0.25) is 4.79 Å². The first-order chi connectivity index (χ1) is 6.31. The summed E-state index contributed by atoms with van der Waals surface area (Å²) >= 11 is 0. The highest BCUT2D eigenvalue weighted by molar-refractivity contribution is 5.80. The van der Waals surface area contributed by atoms with Gasteiger partial charge < -0.3 is 4.74 Å². The van der Waals surface area contributed by atoms with E-state index in [0.29, 0.717) is 5.92 Å². The number of allylic oxidation sites excluding steroid dienone is 2. The number of hydrogen-bond donors (Lipinski definition) is 0. The molecule has 0 unspecified atom stereocenters. The maximum atomic E-state index is 11.8. The van der Waals surface area contributed by atoms with Crippen molar-refractivity contribution in [2.45, 2.75) is 38.2 Å². The van der Waals surface area contributed by atoms with E-state index in [1.807, 2.05) is 0 Å². The van der Waals surface area contributed by atoms with Crippen LogP contribution in [0.1, 0.15) is 32.1 Å². The zero-order chi connectivity index (χ0) is 8.89. The van der Waals surface area contributed by atoms with Crippen molar-refractivity contribution in [2.75, 3.05) is 0 Å². The molecule has 0 aromatic rings. The zero-order valence-corrected chi connectivity index (χ0v) is 7.66. The van der Waals surface area contributed by atoms with Gasteiger partial charge >= 0.3 is 5.97 Å². The van der Waals surface area contributed by atoms with Crippen molar-refractivity contribution >= 4 is 5.97 Å². The highest BCUT2D eigenvalue weighted by Gasteiger charge is 2.56. The normalized spacial score (nSPS) is 47.2. The minimum Gasteiger partial charge on any atom is -0.462 e. The number of fused-ring (bicyclic) bond motifs is 1. The van der Waals surface area contributed by atoms with Crippen LogP contribution in [0.5, 0.6) is 0 Å². The minimum absolute atomic E-state index is 0.0874. The lowest BCUT2D eigenvalue weighted by molar-refractivity contribution is -0.149. The molecule has 2 bridgehead atoms. The molecule has 0 N–H and O–H groups in total. The van der Waals surface area contributed by atoms with Crippen molar-refractivity contribution in [1.82, 2.24) is 0 Å².